The second-order valence-corrected chi connectivity index (χ2v) is 6.61. The van der Waals surface area contributed by atoms with Gasteiger partial charge in [0.1, 0.15) is 0 Å². The molecule has 0 aromatic heterocycles. The Kier molecular flexibility index (Phi) is 4.14. The molecule has 0 amide bonds. The second-order valence-electron chi connectivity index (χ2n) is 4.07. The zero-order valence-corrected chi connectivity index (χ0v) is 10.5. The first-order valence-corrected chi connectivity index (χ1v) is 7.12. The first-order valence-electron chi connectivity index (χ1n) is 5.10. The molecular weight excluding hydrogens is 199 g/mol. The maximum Gasteiger partial charge on any atom is 0.269 e. The molecule has 4 nitrogen and oxygen atoms in total. The predicted octanol–water partition coefficient (Wildman–Crippen LogP) is 1.48. The van der Waals surface area contributed by atoms with Crippen LogP contribution in [0.4, 0.5) is 0 Å². The number of nitrogens with zero attached hydrogens (tertiary/aromatic N) is 2. The highest BCUT2D eigenvalue weighted by Gasteiger charge is 2.29. The van der Waals surface area contributed by atoms with Crippen molar-refractivity contribution in [3.63, 3.8) is 0 Å². The van der Waals surface area contributed by atoms with E-state index in [1.54, 1.807) is 6.66 Å². The normalized spacial score (nSPS) is 25.2. The molecule has 1 saturated heterocycles. The van der Waals surface area contributed by atoms with Crippen LogP contribution in [0.25, 0.3) is 0 Å². The number of hydrogen-bond acceptors (Lipinski definition) is 3. The van der Waals surface area contributed by atoms with Crippen molar-refractivity contribution in [1.29, 1.82) is 0 Å². The molecule has 1 atom stereocenters. The van der Waals surface area contributed by atoms with Gasteiger partial charge in [0, 0.05) is 46.0 Å². The highest BCUT2D eigenvalue weighted by molar-refractivity contribution is 7.55. The number of rotatable bonds is 3. The molecule has 0 N–H and O–H groups in total. The lowest BCUT2D eigenvalue weighted by Gasteiger charge is -2.38. The molecule has 0 saturated carbocycles. The van der Waals surface area contributed by atoms with Gasteiger partial charge in [0.2, 0.25) is 0 Å². The van der Waals surface area contributed by atoms with E-state index in [4.69, 9.17) is 4.52 Å². The van der Waals surface area contributed by atoms with E-state index in [0.717, 1.165) is 26.2 Å². The minimum atomic E-state index is -2.50. The van der Waals surface area contributed by atoms with Crippen LogP contribution in [0.1, 0.15) is 13.8 Å². The molecule has 0 aliphatic carbocycles. The SMILES string of the molecule is COP(C)(=O)N1CCN(C(C)C)CC1. The quantitative estimate of drug-likeness (QED) is 0.674. The summed E-state index contributed by atoms with van der Waals surface area (Å²) in [5, 5.41) is 0. The highest BCUT2D eigenvalue weighted by Crippen LogP contribution is 2.46. The molecule has 0 radical (unpaired) electrons. The molecule has 1 fully saturated rings. The van der Waals surface area contributed by atoms with Gasteiger partial charge in [-0.2, -0.15) is 0 Å². The van der Waals surface area contributed by atoms with Crippen molar-refractivity contribution in [2.24, 2.45) is 0 Å². The lowest BCUT2D eigenvalue weighted by Crippen LogP contribution is -2.47. The minimum absolute atomic E-state index is 0.580. The zero-order valence-electron chi connectivity index (χ0n) is 9.56. The van der Waals surface area contributed by atoms with E-state index < -0.39 is 7.52 Å². The van der Waals surface area contributed by atoms with Gasteiger partial charge in [-0.3, -0.25) is 9.46 Å². The minimum Gasteiger partial charge on any atom is -0.321 e. The van der Waals surface area contributed by atoms with Gasteiger partial charge in [0.05, 0.1) is 0 Å². The maximum absolute atomic E-state index is 11.9. The monoisotopic (exact) mass is 220 g/mol. The van der Waals surface area contributed by atoms with Crippen molar-refractivity contribution in [2.75, 3.05) is 40.0 Å². The van der Waals surface area contributed by atoms with E-state index in [-0.39, 0.29) is 0 Å². The van der Waals surface area contributed by atoms with E-state index in [2.05, 4.69) is 18.7 Å². The van der Waals surface area contributed by atoms with Crippen molar-refractivity contribution in [3.8, 4) is 0 Å². The van der Waals surface area contributed by atoms with Crippen LogP contribution in [0.3, 0.4) is 0 Å². The summed E-state index contributed by atoms with van der Waals surface area (Å²) in [5.74, 6) is 0. The van der Waals surface area contributed by atoms with Gasteiger partial charge in [0.15, 0.2) is 0 Å². The molecule has 1 unspecified atom stereocenters. The third-order valence-corrected chi connectivity index (χ3v) is 4.98. The van der Waals surface area contributed by atoms with Gasteiger partial charge < -0.3 is 4.52 Å². The van der Waals surface area contributed by atoms with Gasteiger partial charge in [0.25, 0.3) is 7.52 Å². The second kappa shape index (κ2) is 4.75. The van der Waals surface area contributed by atoms with Crippen LogP contribution < -0.4 is 0 Å². The maximum atomic E-state index is 11.9. The fourth-order valence-electron chi connectivity index (χ4n) is 1.71. The number of hydrogen-bond donors (Lipinski definition) is 0. The molecule has 0 aromatic carbocycles. The van der Waals surface area contributed by atoms with E-state index in [0.29, 0.717) is 6.04 Å². The van der Waals surface area contributed by atoms with Crippen LogP contribution in [0.5, 0.6) is 0 Å². The molecule has 14 heavy (non-hydrogen) atoms. The Morgan fingerprint density at radius 3 is 2.07 bits per heavy atom. The highest BCUT2D eigenvalue weighted by atomic mass is 31.2. The van der Waals surface area contributed by atoms with Crippen molar-refractivity contribution in [3.05, 3.63) is 0 Å². The average molecular weight is 220 g/mol. The van der Waals surface area contributed by atoms with E-state index in [1.165, 1.54) is 7.11 Å². The van der Waals surface area contributed by atoms with Crippen LogP contribution in [-0.4, -0.2) is 55.6 Å². The zero-order chi connectivity index (χ0) is 10.8. The van der Waals surface area contributed by atoms with Crippen molar-refractivity contribution in [1.82, 2.24) is 9.57 Å². The van der Waals surface area contributed by atoms with Gasteiger partial charge in [-0.25, -0.2) is 4.67 Å². The van der Waals surface area contributed by atoms with E-state index in [9.17, 15) is 4.57 Å². The fraction of sp³-hybridized carbons (Fsp3) is 1.00. The molecule has 0 aromatic rings. The van der Waals surface area contributed by atoms with Crippen molar-refractivity contribution in [2.45, 2.75) is 19.9 Å². The smallest absolute Gasteiger partial charge is 0.269 e. The van der Waals surface area contributed by atoms with Crippen LogP contribution >= 0.6 is 7.52 Å². The Morgan fingerprint density at radius 1 is 1.21 bits per heavy atom. The Labute approximate surface area is 86.7 Å². The predicted molar refractivity (Wildman–Crippen MR) is 58.8 cm³/mol. The molecule has 1 aliphatic heterocycles. The third kappa shape index (κ3) is 2.80. The molecule has 1 rings (SSSR count). The standard InChI is InChI=1S/C9H21N2O2P/c1-9(2)10-5-7-11(8-6-10)14(4,12)13-3/h9H,5-8H2,1-4H3. The summed E-state index contributed by atoms with van der Waals surface area (Å²) < 4.78 is 18.9. The fourth-order valence-corrected chi connectivity index (χ4v) is 2.84. The molecule has 1 heterocycles. The Hall–Kier alpha value is 0.110. The average Bonchev–Trinajstić information content (AvgIpc) is 2.18. The van der Waals surface area contributed by atoms with Crippen LogP contribution in [0.15, 0.2) is 0 Å². The van der Waals surface area contributed by atoms with E-state index in [1.807, 2.05) is 4.67 Å². The summed E-state index contributed by atoms with van der Waals surface area (Å²) >= 11 is 0. The van der Waals surface area contributed by atoms with Gasteiger partial charge in [-0.15, -0.1) is 0 Å². The first kappa shape index (κ1) is 12.2. The summed E-state index contributed by atoms with van der Waals surface area (Å²) in [7, 11) is -0.976. The molecule has 0 spiro atoms. The largest absolute Gasteiger partial charge is 0.321 e. The molecular formula is C9H21N2O2P. The third-order valence-electron chi connectivity index (χ3n) is 2.87. The summed E-state index contributed by atoms with van der Waals surface area (Å²) in [4.78, 5) is 2.40. The Morgan fingerprint density at radius 2 is 1.71 bits per heavy atom. The van der Waals surface area contributed by atoms with Crippen LogP contribution in [-0.2, 0) is 9.09 Å². The lowest BCUT2D eigenvalue weighted by molar-refractivity contribution is 0.144. The molecule has 1 aliphatic rings. The summed E-state index contributed by atoms with van der Waals surface area (Å²) in [6, 6.07) is 0.580. The van der Waals surface area contributed by atoms with Gasteiger partial charge in [-0.1, -0.05) is 0 Å². The summed E-state index contributed by atoms with van der Waals surface area (Å²) in [6.07, 6.45) is 0. The summed E-state index contributed by atoms with van der Waals surface area (Å²) in [6.45, 7) is 9.74. The van der Waals surface area contributed by atoms with Gasteiger partial charge in [-0.05, 0) is 13.8 Å². The first-order chi connectivity index (χ1) is 6.47. The van der Waals surface area contributed by atoms with Crippen LogP contribution in [0, 0.1) is 0 Å². The van der Waals surface area contributed by atoms with Gasteiger partial charge >= 0.3 is 0 Å². The Balaban J connectivity index is 2.47. The number of piperazine rings is 1. The topological polar surface area (TPSA) is 32.8 Å². The van der Waals surface area contributed by atoms with E-state index >= 15 is 0 Å². The molecule has 0 bridgehead atoms. The van der Waals surface area contributed by atoms with Crippen molar-refractivity contribution < 1.29 is 9.09 Å². The summed E-state index contributed by atoms with van der Waals surface area (Å²) in [5.41, 5.74) is 0. The molecule has 5 heteroatoms. The lowest BCUT2D eigenvalue weighted by atomic mass is 10.3. The van der Waals surface area contributed by atoms with Crippen molar-refractivity contribution >= 4 is 7.52 Å². The molecule has 84 valence electrons. The Bertz CT molecular complexity index is 225. The van der Waals surface area contributed by atoms with Crippen LogP contribution in [0.2, 0.25) is 0 Å².